The Morgan fingerprint density at radius 3 is 2.62 bits per heavy atom. The van der Waals surface area contributed by atoms with Crippen LogP contribution in [0.15, 0.2) is 18.2 Å². The van der Waals surface area contributed by atoms with Crippen LogP contribution in [0.5, 0.6) is 11.5 Å². The van der Waals surface area contributed by atoms with E-state index in [-0.39, 0.29) is 18.3 Å². The van der Waals surface area contributed by atoms with Crippen LogP contribution in [-0.2, 0) is 11.2 Å². The molecule has 1 aliphatic heterocycles. The van der Waals surface area contributed by atoms with Gasteiger partial charge < -0.3 is 20.1 Å². The monoisotopic (exact) mass is 314 g/mol. The fourth-order valence-corrected chi connectivity index (χ4v) is 2.53. The van der Waals surface area contributed by atoms with E-state index in [4.69, 9.17) is 15.2 Å². The Morgan fingerprint density at radius 1 is 1.33 bits per heavy atom. The van der Waals surface area contributed by atoms with Crippen LogP contribution in [0.1, 0.15) is 12.0 Å². The predicted molar refractivity (Wildman–Crippen MR) is 84.2 cm³/mol. The van der Waals surface area contributed by atoms with Crippen molar-refractivity contribution in [1.29, 1.82) is 0 Å². The van der Waals surface area contributed by atoms with Crippen LogP contribution in [0.25, 0.3) is 0 Å². The molecule has 1 unspecified atom stereocenters. The van der Waals surface area contributed by atoms with Gasteiger partial charge in [-0.2, -0.15) is 0 Å². The van der Waals surface area contributed by atoms with Crippen molar-refractivity contribution in [3.8, 4) is 11.5 Å². The highest BCUT2D eigenvalue weighted by Gasteiger charge is 2.25. The SMILES string of the molecule is COc1ccc(CC(=O)N2CCC(CN)C2)cc1OC.Cl. The molecule has 2 rings (SSSR count). The van der Waals surface area contributed by atoms with E-state index in [1.807, 2.05) is 23.1 Å². The number of nitrogens with two attached hydrogens (primary N) is 1. The summed E-state index contributed by atoms with van der Waals surface area (Å²) in [5.74, 6) is 1.92. The lowest BCUT2D eigenvalue weighted by molar-refractivity contribution is -0.129. The molecule has 5 nitrogen and oxygen atoms in total. The third-order valence-corrected chi connectivity index (χ3v) is 3.78. The molecular formula is C15H23ClN2O3. The summed E-state index contributed by atoms with van der Waals surface area (Å²) < 4.78 is 10.4. The van der Waals surface area contributed by atoms with Gasteiger partial charge in [-0.25, -0.2) is 0 Å². The zero-order chi connectivity index (χ0) is 14.5. The molecule has 1 saturated heterocycles. The molecular weight excluding hydrogens is 292 g/mol. The van der Waals surface area contributed by atoms with Crippen molar-refractivity contribution in [1.82, 2.24) is 4.90 Å². The number of benzene rings is 1. The fraction of sp³-hybridized carbons (Fsp3) is 0.533. The van der Waals surface area contributed by atoms with Crippen LogP contribution in [0.3, 0.4) is 0 Å². The average molecular weight is 315 g/mol. The lowest BCUT2D eigenvalue weighted by Gasteiger charge is -2.17. The highest BCUT2D eigenvalue weighted by atomic mass is 35.5. The zero-order valence-corrected chi connectivity index (χ0v) is 13.3. The number of carbonyl (C=O) groups is 1. The number of methoxy groups -OCH3 is 2. The van der Waals surface area contributed by atoms with E-state index < -0.39 is 0 Å². The molecule has 1 atom stereocenters. The molecule has 1 heterocycles. The topological polar surface area (TPSA) is 64.8 Å². The lowest BCUT2D eigenvalue weighted by atomic mass is 10.1. The molecule has 0 aliphatic carbocycles. The third kappa shape index (κ3) is 4.25. The highest BCUT2D eigenvalue weighted by Crippen LogP contribution is 2.28. The van der Waals surface area contributed by atoms with E-state index in [0.29, 0.717) is 30.4 Å². The van der Waals surface area contributed by atoms with E-state index in [0.717, 1.165) is 25.1 Å². The third-order valence-electron chi connectivity index (χ3n) is 3.78. The maximum absolute atomic E-state index is 12.2. The first kappa shape index (κ1) is 17.6. The van der Waals surface area contributed by atoms with Gasteiger partial charge in [0.05, 0.1) is 20.6 Å². The van der Waals surface area contributed by atoms with Gasteiger partial charge in [-0.1, -0.05) is 6.07 Å². The summed E-state index contributed by atoms with van der Waals surface area (Å²) in [7, 11) is 3.19. The van der Waals surface area contributed by atoms with Crippen LogP contribution in [0.4, 0.5) is 0 Å². The number of nitrogens with zero attached hydrogens (tertiary/aromatic N) is 1. The molecule has 0 radical (unpaired) electrons. The van der Waals surface area contributed by atoms with Gasteiger partial charge in [0.2, 0.25) is 5.91 Å². The summed E-state index contributed by atoms with van der Waals surface area (Å²) in [5, 5.41) is 0. The van der Waals surface area contributed by atoms with Gasteiger partial charge in [-0.15, -0.1) is 12.4 Å². The standard InChI is InChI=1S/C15H22N2O3.ClH/c1-19-13-4-3-11(7-14(13)20-2)8-15(18)17-6-5-12(9-16)10-17;/h3-4,7,12H,5-6,8-10,16H2,1-2H3;1H. The number of halogens is 1. The number of amides is 1. The Morgan fingerprint density at radius 2 is 2.05 bits per heavy atom. The summed E-state index contributed by atoms with van der Waals surface area (Å²) in [4.78, 5) is 14.1. The first-order chi connectivity index (χ1) is 9.67. The Hall–Kier alpha value is -1.46. The summed E-state index contributed by atoms with van der Waals surface area (Å²) in [5.41, 5.74) is 6.58. The number of ether oxygens (including phenoxy) is 2. The molecule has 6 heteroatoms. The van der Waals surface area contributed by atoms with Crippen LogP contribution in [0.2, 0.25) is 0 Å². The van der Waals surface area contributed by atoms with Crippen molar-refractivity contribution in [3.05, 3.63) is 23.8 Å². The first-order valence-corrected chi connectivity index (χ1v) is 6.86. The summed E-state index contributed by atoms with van der Waals surface area (Å²) in [6.45, 7) is 2.25. The van der Waals surface area contributed by atoms with Crippen molar-refractivity contribution in [2.24, 2.45) is 11.7 Å². The smallest absolute Gasteiger partial charge is 0.227 e. The molecule has 1 aliphatic rings. The highest BCUT2D eigenvalue weighted by molar-refractivity contribution is 5.85. The lowest BCUT2D eigenvalue weighted by Crippen LogP contribution is -2.31. The molecule has 0 aromatic heterocycles. The van der Waals surface area contributed by atoms with Crippen LogP contribution >= 0.6 is 12.4 Å². The van der Waals surface area contributed by atoms with Crippen LogP contribution < -0.4 is 15.2 Å². The maximum Gasteiger partial charge on any atom is 0.227 e. The van der Waals surface area contributed by atoms with E-state index in [2.05, 4.69) is 0 Å². The number of rotatable bonds is 5. The maximum atomic E-state index is 12.2. The Labute approximate surface area is 131 Å². The van der Waals surface area contributed by atoms with Crippen molar-refractivity contribution in [2.45, 2.75) is 12.8 Å². The molecule has 1 aromatic carbocycles. The first-order valence-electron chi connectivity index (χ1n) is 6.86. The number of carbonyl (C=O) groups excluding carboxylic acids is 1. The van der Waals surface area contributed by atoms with Gasteiger partial charge in [0, 0.05) is 13.1 Å². The van der Waals surface area contributed by atoms with Gasteiger partial charge in [0.15, 0.2) is 11.5 Å². The van der Waals surface area contributed by atoms with Crippen molar-refractivity contribution >= 4 is 18.3 Å². The fourth-order valence-electron chi connectivity index (χ4n) is 2.53. The van der Waals surface area contributed by atoms with Crippen molar-refractivity contribution in [3.63, 3.8) is 0 Å². The zero-order valence-electron chi connectivity index (χ0n) is 12.5. The minimum Gasteiger partial charge on any atom is -0.493 e. The molecule has 0 saturated carbocycles. The largest absolute Gasteiger partial charge is 0.493 e. The van der Waals surface area contributed by atoms with E-state index in [1.165, 1.54) is 0 Å². The second-order valence-corrected chi connectivity index (χ2v) is 5.10. The van der Waals surface area contributed by atoms with E-state index >= 15 is 0 Å². The van der Waals surface area contributed by atoms with E-state index in [1.54, 1.807) is 14.2 Å². The van der Waals surface area contributed by atoms with Gasteiger partial charge in [0.25, 0.3) is 0 Å². The molecule has 0 spiro atoms. The van der Waals surface area contributed by atoms with E-state index in [9.17, 15) is 4.79 Å². The van der Waals surface area contributed by atoms with Crippen molar-refractivity contribution in [2.75, 3.05) is 33.9 Å². The quantitative estimate of drug-likeness (QED) is 0.894. The molecule has 118 valence electrons. The number of hydrogen-bond acceptors (Lipinski definition) is 4. The molecule has 1 fully saturated rings. The average Bonchev–Trinajstić information content (AvgIpc) is 2.96. The van der Waals surface area contributed by atoms with Crippen LogP contribution in [-0.4, -0.2) is 44.7 Å². The molecule has 1 aromatic rings. The predicted octanol–water partition coefficient (Wildman–Crippen LogP) is 1.48. The van der Waals surface area contributed by atoms with Gasteiger partial charge >= 0.3 is 0 Å². The minimum absolute atomic E-state index is 0. The Bertz CT molecular complexity index is 482. The van der Waals surface area contributed by atoms with Gasteiger partial charge in [-0.3, -0.25) is 4.79 Å². The summed E-state index contributed by atoms with van der Waals surface area (Å²) in [6, 6.07) is 5.58. The number of hydrogen-bond donors (Lipinski definition) is 1. The summed E-state index contributed by atoms with van der Waals surface area (Å²) >= 11 is 0. The molecule has 1 amide bonds. The summed E-state index contributed by atoms with van der Waals surface area (Å²) in [6.07, 6.45) is 1.39. The number of likely N-dealkylation sites (tertiary alicyclic amines) is 1. The molecule has 2 N–H and O–H groups in total. The van der Waals surface area contributed by atoms with Gasteiger partial charge in [-0.05, 0) is 36.6 Å². The Kier molecular flexibility index (Phi) is 6.78. The second-order valence-electron chi connectivity index (χ2n) is 5.10. The normalized spacial score (nSPS) is 17.3. The molecule has 21 heavy (non-hydrogen) atoms. The van der Waals surface area contributed by atoms with Crippen molar-refractivity contribution < 1.29 is 14.3 Å². The molecule has 0 bridgehead atoms. The van der Waals surface area contributed by atoms with Crippen LogP contribution in [0, 0.1) is 5.92 Å². The van der Waals surface area contributed by atoms with Gasteiger partial charge in [0.1, 0.15) is 0 Å². The second kappa shape index (κ2) is 8.10. The Balaban J connectivity index is 0.00000220. The minimum atomic E-state index is 0.